The minimum Gasteiger partial charge on any atom is -0.396 e. The van der Waals surface area contributed by atoms with E-state index < -0.39 is 10.0 Å². The molecule has 0 aliphatic heterocycles. The van der Waals surface area contributed by atoms with Crippen molar-refractivity contribution < 1.29 is 13.5 Å². The van der Waals surface area contributed by atoms with E-state index in [9.17, 15) is 8.42 Å². The minimum absolute atomic E-state index is 0.0293. The summed E-state index contributed by atoms with van der Waals surface area (Å²) in [4.78, 5) is 4.02. The van der Waals surface area contributed by atoms with Crippen molar-refractivity contribution in [2.24, 2.45) is 0 Å². The summed E-state index contributed by atoms with van der Waals surface area (Å²) in [5.41, 5.74) is 0. The van der Waals surface area contributed by atoms with Crippen molar-refractivity contribution in [1.82, 2.24) is 14.3 Å². The van der Waals surface area contributed by atoms with Crippen LogP contribution in [0.3, 0.4) is 0 Å². The third kappa shape index (κ3) is 3.52. The van der Waals surface area contributed by atoms with Gasteiger partial charge in [-0.05, 0) is 27.2 Å². The smallest absolute Gasteiger partial charge is 0.259 e. The molecule has 6 nitrogen and oxygen atoms in total. The highest BCUT2D eigenvalue weighted by molar-refractivity contribution is 7.89. The van der Waals surface area contributed by atoms with Crippen molar-refractivity contribution in [2.45, 2.75) is 44.8 Å². The molecule has 0 amide bonds. The van der Waals surface area contributed by atoms with E-state index in [1.807, 2.05) is 6.92 Å². The number of hydrogen-bond donors (Lipinski definition) is 2. The predicted octanol–water partition coefficient (Wildman–Crippen LogP) is 0.261. The van der Waals surface area contributed by atoms with Gasteiger partial charge in [-0.3, -0.25) is 0 Å². The zero-order valence-corrected chi connectivity index (χ0v) is 11.2. The topological polar surface area (TPSA) is 84.2 Å². The van der Waals surface area contributed by atoms with Gasteiger partial charge in [0, 0.05) is 25.4 Å². The molecule has 1 rings (SSSR count). The molecule has 0 aromatic carbocycles. The first-order chi connectivity index (χ1) is 7.90. The first-order valence-corrected chi connectivity index (χ1v) is 7.06. The lowest BCUT2D eigenvalue weighted by Crippen LogP contribution is -2.33. The van der Waals surface area contributed by atoms with E-state index in [0.717, 1.165) is 0 Å². The Morgan fingerprint density at radius 3 is 2.71 bits per heavy atom. The molecule has 0 aliphatic rings. The van der Waals surface area contributed by atoms with Gasteiger partial charge in [0.15, 0.2) is 5.03 Å². The summed E-state index contributed by atoms with van der Waals surface area (Å²) in [5, 5.41) is 8.77. The molecule has 1 aromatic rings. The Hall–Kier alpha value is -0.920. The Morgan fingerprint density at radius 1 is 1.59 bits per heavy atom. The number of aliphatic hydroxyl groups is 1. The van der Waals surface area contributed by atoms with Gasteiger partial charge in [0.05, 0.1) is 0 Å². The molecule has 1 unspecified atom stereocenters. The van der Waals surface area contributed by atoms with Crippen LogP contribution < -0.4 is 4.72 Å². The molecule has 0 aliphatic carbocycles. The van der Waals surface area contributed by atoms with Crippen molar-refractivity contribution in [3.05, 3.63) is 12.0 Å². The zero-order valence-electron chi connectivity index (χ0n) is 10.3. The van der Waals surface area contributed by atoms with E-state index in [0.29, 0.717) is 18.8 Å². The lowest BCUT2D eigenvalue weighted by molar-refractivity contribution is 0.275. The van der Waals surface area contributed by atoms with Gasteiger partial charge in [-0.2, -0.15) is 0 Å². The molecule has 17 heavy (non-hydrogen) atoms. The number of aryl methyl sites for hydroxylation is 2. The molecule has 1 atom stereocenters. The number of imidazole rings is 1. The number of rotatable bonds is 6. The molecule has 1 heterocycles. The van der Waals surface area contributed by atoms with Crippen LogP contribution in [-0.2, 0) is 16.6 Å². The standard InChI is InChI=1S/C10H19N3O3S/c1-4-13-7-10(11-9(13)3)17(15,16)12-8(2)5-6-14/h7-8,12,14H,4-6H2,1-3H3. The van der Waals surface area contributed by atoms with E-state index >= 15 is 0 Å². The van der Waals surface area contributed by atoms with Crippen molar-refractivity contribution in [3.63, 3.8) is 0 Å². The van der Waals surface area contributed by atoms with E-state index in [2.05, 4.69) is 9.71 Å². The van der Waals surface area contributed by atoms with Crippen LogP contribution in [0.15, 0.2) is 11.2 Å². The number of hydrogen-bond acceptors (Lipinski definition) is 4. The number of aliphatic hydroxyl groups excluding tert-OH is 1. The van der Waals surface area contributed by atoms with Gasteiger partial charge >= 0.3 is 0 Å². The fourth-order valence-corrected chi connectivity index (χ4v) is 2.79. The quantitative estimate of drug-likeness (QED) is 0.769. The molecule has 0 bridgehead atoms. The molecule has 98 valence electrons. The highest BCUT2D eigenvalue weighted by Crippen LogP contribution is 2.10. The van der Waals surface area contributed by atoms with Crippen LogP contribution in [0, 0.1) is 6.92 Å². The van der Waals surface area contributed by atoms with Crippen molar-refractivity contribution in [3.8, 4) is 0 Å². The average Bonchev–Trinajstić information content (AvgIpc) is 2.59. The monoisotopic (exact) mass is 261 g/mol. The fourth-order valence-electron chi connectivity index (χ4n) is 1.51. The molecule has 0 radical (unpaired) electrons. The molecule has 2 N–H and O–H groups in total. The number of nitrogens with zero attached hydrogens (tertiary/aromatic N) is 2. The van der Waals surface area contributed by atoms with Crippen LogP contribution in [-0.4, -0.2) is 35.7 Å². The molecule has 0 fully saturated rings. The van der Waals surface area contributed by atoms with Gasteiger partial charge in [0.2, 0.25) is 0 Å². The average molecular weight is 261 g/mol. The predicted molar refractivity (Wildman–Crippen MR) is 64.1 cm³/mol. The van der Waals surface area contributed by atoms with Gasteiger partial charge in [-0.25, -0.2) is 18.1 Å². The van der Waals surface area contributed by atoms with Crippen LogP contribution in [0.2, 0.25) is 0 Å². The summed E-state index contributed by atoms with van der Waals surface area (Å²) in [6, 6.07) is -0.308. The lowest BCUT2D eigenvalue weighted by atomic mass is 10.3. The van der Waals surface area contributed by atoms with E-state index in [1.165, 1.54) is 6.20 Å². The fraction of sp³-hybridized carbons (Fsp3) is 0.700. The normalized spacial score (nSPS) is 13.9. The van der Waals surface area contributed by atoms with Gasteiger partial charge in [-0.15, -0.1) is 0 Å². The Bertz CT molecular complexity index is 467. The van der Waals surface area contributed by atoms with E-state index in [4.69, 9.17) is 5.11 Å². The molecule has 0 saturated heterocycles. The van der Waals surface area contributed by atoms with Gasteiger partial charge in [-0.1, -0.05) is 0 Å². The summed E-state index contributed by atoms with van der Waals surface area (Å²) >= 11 is 0. The molecule has 0 saturated carbocycles. The summed E-state index contributed by atoms with van der Waals surface area (Å²) in [6.07, 6.45) is 1.90. The lowest BCUT2D eigenvalue weighted by Gasteiger charge is -2.10. The second kappa shape index (κ2) is 5.61. The molecule has 7 heteroatoms. The van der Waals surface area contributed by atoms with Gasteiger partial charge in [0.1, 0.15) is 5.82 Å². The maximum Gasteiger partial charge on any atom is 0.259 e. The number of sulfonamides is 1. The SMILES string of the molecule is CCn1cc(S(=O)(=O)NC(C)CCO)nc1C. The Labute approximate surface area is 102 Å². The van der Waals surface area contributed by atoms with Crippen molar-refractivity contribution in [2.75, 3.05) is 6.61 Å². The Morgan fingerprint density at radius 2 is 2.24 bits per heavy atom. The maximum absolute atomic E-state index is 11.9. The van der Waals surface area contributed by atoms with E-state index in [1.54, 1.807) is 18.4 Å². The third-order valence-electron chi connectivity index (χ3n) is 2.49. The second-order valence-corrected chi connectivity index (χ2v) is 5.61. The van der Waals surface area contributed by atoms with Crippen LogP contribution in [0.1, 0.15) is 26.1 Å². The van der Waals surface area contributed by atoms with Gasteiger partial charge < -0.3 is 9.67 Å². The largest absolute Gasteiger partial charge is 0.396 e. The highest BCUT2D eigenvalue weighted by atomic mass is 32.2. The Balaban J connectivity index is 2.89. The van der Waals surface area contributed by atoms with E-state index in [-0.39, 0.29) is 17.7 Å². The molecular formula is C10H19N3O3S. The highest BCUT2D eigenvalue weighted by Gasteiger charge is 2.20. The van der Waals surface area contributed by atoms with Crippen molar-refractivity contribution >= 4 is 10.0 Å². The van der Waals surface area contributed by atoms with Crippen LogP contribution in [0.4, 0.5) is 0 Å². The second-order valence-electron chi connectivity index (χ2n) is 3.95. The van der Waals surface area contributed by atoms with Gasteiger partial charge in [0.25, 0.3) is 10.0 Å². The Kier molecular flexibility index (Phi) is 4.67. The first kappa shape index (κ1) is 14.1. The van der Waals surface area contributed by atoms with Crippen molar-refractivity contribution in [1.29, 1.82) is 0 Å². The summed E-state index contributed by atoms with van der Waals surface area (Å²) < 4.78 is 28.1. The summed E-state index contributed by atoms with van der Waals surface area (Å²) in [5.74, 6) is 0.669. The van der Waals surface area contributed by atoms with Crippen LogP contribution in [0.25, 0.3) is 0 Å². The summed E-state index contributed by atoms with van der Waals surface area (Å²) in [6.45, 7) is 6.02. The number of nitrogens with one attached hydrogen (secondary N) is 1. The molecule has 1 aromatic heterocycles. The molecular weight excluding hydrogens is 242 g/mol. The maximum atomic E-state index is 11.9. The third-order valence-corrected chi connectivity index (χ3v) is 3.95. The minimum atomic E-state index is -3.59. The molecule has 0 spiro atoms. The first-order valence-electron chi connectivity index (χ1n) is 5.57. The zero-order chi connectivity index (χ0) is 13.1. The number of aromatic nitrogens is 2. The van der Waals surface area contributed by atoms with Crippen LogP contribution in [0.5, 0.6) is 0 Å². The summed E-state index contributed by atoms with van der Waals surface area (Å²) in [7, 11) is -3.59. The van der Waals surface area contributed by atoms with Crippen LogP contribution >= 0.6 is 0 Å².